The molecule has 0 aliphatic carbocycles. The molecule has 0 unspecified atom stereocenters. The minimum Gasteiger partial charge on any atom is -0.494 e. The molecule has 2 rings (SSSR count). The summed E-state index contributed by atoms with van der Waals surface area (Å²) in [4.78, 5) is 0.00999. The third kappa shape index (κ3) is 4.07. The number of nitrogens with one attached hydrogen (secondary N) is 1. The summed E-state index contributed by atoms with van der Waals surface area (Å²) in [6, 6.07) is 9.35. The average Bonchev–Trinajstić information content (AvgIpc) is 2.45. The maximum atomic E-state index is 12.4. The van der Waals surface area contributed by atoms with E-state index in [1.807, 2.05) is 6.92 Å². The summed E-state index contributed by atoms with van der Waals surface area (Å²) in [5, 5.41) is 0.436. The molecule has 0 aliphatic rings. The van der Waals surface area contributed by atoms with Gasteiger partial charge in [-0.1, -0.05) is 23.2 Å². The molecule has 0 aromatic heterocycles. The highest BCUT2D eigenvalue weighted by atomic mass is 79.9. The van der Waals surface area contributed by atoms with E-state index in [1.54, 1.807) is 24.3 Å². The molecule has 0 atom stereocenters. The zero-order valence-electron chi connectivity index (χ0n) is 11.4. The van der Waals surface area contributed by atoms with E-state index in [0.717, 1.165) is 0 Å². The van der Waals surface area contributed by atoms with Crippen LogP contribution in [0.3, 0.4) is 0 Å². The summed E-state index contributed by atoms with van der Waals surface area (Å²) >= 11 is 14.9. The highest BCUT2D eigenvalue weighted by molar-refractivity contribution is 9.10. The zero-order chi connectivity index (χ0) is 16.3. The Kier molecular flexibility index (Phi) is 5.60. The fourth-order valence-electron chi connectivity index (χ4n) is 1.71. The van der Waals surface area contributed by atoms with Crippen molar-refractivity contribution >= 4 is 54.8 Å². The van der Waals surface area contributed by atoms with E-state index in [4.69, 9.17) is 27.9 Å². The van der Waals surface area contributed by atoms with Crippen LogP contribution in [0.2, 0.25) is 10.0 Å². The lowest BCUT2D eigenvalue weighted by molar-refractivity contribution is 0.340. The first-order chi connectivity index (χ1) is 10.3. The van der Waals surface area contributed by atoms with Gasteiger partial charge in [-0.05, 0) is 59.3 Å². The van der Waals surface area contributed by atoms with Crippen molar-refractivity contribution in [3.8, 4) is 5.75 Å². The molecule has 0 fully saturated rings. The Morgan fingerprint density at radius 3 is 2.32 bits per heavy atom. The Bertz CT molecular complexity index is 779. The molecule has 118 valence electrons. The van der Waals surface area contributed by atoms with Gasteiger partial charge in [-0.15, -0.1) is 0 Å². The van der Waals surface area contributed by atoms with Crippen molar-refractivity contribution < 1.29 is 13.2 Å². The first kappa shape index (κ1) is 17.4. The van der Waals surface area contributed by atoms with Crippen LogP contribution in [0.5, 0.6) is 5.75 Å². The molecule has 1 N–H and O–H groups in total. The topological polar surface area (TPSA) is 55.4 Å². The van der Waals surface area contributed by atoms with Crippen LogP contribution in [0.15, 0.2) is 45.8 Å². The Balaban J connectivity index is 2.29. The smallest absolute Gasteiger partial charge is 0.263 e. The molecule has 0 radical (unpaired) electrons. The van der Waals surface area contributed by atoms with Crippen LogP contribution in [0.4, 0.5) is 5.69 Å². The number of rotatable bonds is 5. The number of hydrogen-bond donors (Lipinski definition) is 1. The lowest BCUT2D eigenvalue weighted by Gasteiger charge is -2.11. The van der Waals surface area contributed by atoms with Crippen molar-refractivity contribution in [2.75, 3.05) is 11.3 Å². The molecule has 22 heavy (non-hydrogen) atoms. The summed E-state index contributed by atoms with van der Waals surface area (Å²) < 4.78 is 33.0. The van der Waals surface area contributed by atoms with Crippen molar-refractivity contribution in [1.29, 1.82) is 0 Å². The molecular formula is C14H12BrCl2NO3S. The van der Waals surface area contributed by atoms with Gasteiger partial charge in [-0.25, -0.2) is 8.42 Å². The number of sulfonamides is 1. The Morgan fingerprint density at radius 1 is 1.14 bits per heavy atom. The molecule has 4 nitrogen and oxygen atoms in total. The van der Waals surface area contributed by atoms with Gasteiger partial charge in [0, 0.05) is 10.2 Å². The van der Waals surface area contributed by atoms with Gasteiger partial charge in [-0.3, -0.25) is 4.72 Å². The summed E-state index contributed by atoms with van der Waals surface area (Å²) in [7, 11) is -3.79. The monoisotopic (exact) mass is 423 g/mol. The molecule has 0 amide bonds. The quantitative estimate of drug-likeness (QED) is 0.690. The van der Waals surface area contributed by atoms with Crippen molar-refractivity contribution in [2.45, 2.75) is 11.8 Å². The molecule has 0 saturated carbocycles. The Morgan fingerprint density at radius 2 is 1.73 bits per heavy atom. The molecule has 0 spiro atoms. The zero-order valence-corrected chi connectivity index (χ0v) is 15.4. The minimum atomic E-state index is -3.79. The van der Waals surface area contributed by atoms with Crippen LogP contribution in [0.1, 0.15) is 6.92 Å². The largest absolute Gasteiger partial charge is 0.494 e. The van der Waals surface area contributed by atoms with Gasteiger partial charge >= 0.3 is 0 Å². The fourth-order valence-corrected chi connectivity index (χ4v) is 4.36. The van der Waals surface area contributed by atoms with E-state index in [0.29, 0.717) is 22.5 Å². The summed E-state index contributed by atoms with van der Waals surface area (Å²) in [5.74, 6) is 0.668. The van der Waals surface area contributed by atoms with Gasteiger partial charge < -0.3 is 4.74 Å². The van der Waals surface area contributed by atoms with Gasteiger partial charge in [0.2, 0.25) is 0 Å². The maximum Gasteiger partial charge on any atom is 0.263 e. The standard InChI is InChI=1S/C14H12BrCl2NO3S/c1-2-21-10-5-3-9(4-6-10)18-22(19,20)14-8-13(17)12(16)7-11(14)15/h3-8,18H,2H2,1H3. The van der Waals surface area contributed by atoms with Gasteiger partial charge in [-0.2, -0.15) is 0 Å². The van der Waals surface area contributed by atoms with E-state index in [-0.39, 0.29) is 14.9 Å². The normalized spacial score (nSPS) is 11.3. The van der Waals surface area contributed by atoms with E-state index in [2.05, 4.69) is 20.7 Å². The molecule has 2 aromatic rings. The van der Waals surface area contributed by atoms with Crippen molar-refractivity contribution in [1.82, 2.24) is 0 Å². The number of ether oxygens (including phenoxy) is 1. The number of benzene rings is 2. The van der Waals surface area contributed by atoms with Crippen LogP contribution in [0.25, 0.3) is 0 Å². The van der Waals surface area contributed by atoms with Gasteiger partial charge in [0.05, 0.1) is 16.7 Å². The van der Waals surface area contributed by atoms with Crippen LogP contribution >= 0.6 is 39.1 Å². The van der Waals surface area contributed by atoms with Crippen molar-refractivity contribution in [2.24, 2.45) is 0 Å². The van der Waals surface area contributed by atoms with E-state index in [9.17, 15) is 8.42 Å². The fraction of sp³-hybridized carbons (Fsp3) is 0.143. The second-order valence-corrected chi connectivity index (χ2v) is 7.58. The SMILES string of the molecule is CCOc1ccc(NS(=O)(=O)c2cc(Cl)c(Cl)cc2Br)cc1. The molecule has 0 bridgehead atoms. The molecule has 8 heteroatoms. The highest BCUT2D eigenvalue weighted by Crippen LogP contribution is 2.32. The van der Waals surface area contributed by atoms with Crippen LogP contribution in [0, 0.1) is 0 Å². The van der Waals surface area contributed by atoms with Crippen molar-refractivity contribution in [3.05, 3.63) is 50.9 Å². The van der Waals surface area contributed by atoms with Crippen LogP contribution in [-0.2, 0) is 10.0 Å². The second kappa shape index (κ2) is 7.08. The Hall–Kier alpha value is -0.950. The Labute approximate surface area is 147 Å². The third-order valence-electron chi connectivity index (χ3n) is 2.68. The lowest BCUT2D eigenvalue weighted by atomic mass is 10.3. The first-order valence-corrected chi connectivity index (χ1v) is 9.27. The lowest BCUT2D eigenvalue weighted by Crippen LogP contribution is -2.13. The van der Waals surface area contributed by atoms with Gasteiger partial charge in [0.25, 0.3) is 10.0 Å². The number of halogens is 3. The summed E-state index contributed by atoms with van der Waals surface area (Å²) in [5.41, 5.74) is 0.418. The molecular weight excluding hydrogens is 413 g/mol. The molecule has 0 heterocycles. The maximum absolute atomic E-state index is 12.4. The van der Waals surface area contributed by atoms with Crippen molar-refractivity contribution in [3.63, 3.8) is 0 Å². The average molecular weight is 425 g/mol. The molecule has 0 aliphatic heterocycles. The van der Waals surface area contributed by atoms with E-state index >= 15 is 0 Å². The highest BCUT2D eigenvalue weighted by Gasteiger charge is 2.19. The van der Waals surface area contributed by atoms with Gasteiger partial charge in [0.15, 0.2) is 0 Å². The van der Waals surface area contributed by atoms with E-state index < -0.39 is 10.0 Å². The minimum absolute atomic E-state index is 0.00999. The van der Waals surface area contributed by atoms with Gasteiger partial charge in [0.1, 0.15) is 10.6 Å². The predicted octanol–water partition coefficient (Wildman–Crippen LogP) is 4.96. The molecule has 0 saturated heterocycles. The first-order valence-electron chi connectivity index (χ1n) is 6.23. The second-order valence-electron chi connectivity index (χ2n) is 4.26. The summed E-state index contributed by atoms with van der Waals surface area (Å²) in [6.45, 7) is 2.42. The third-order valence-corrected chi connectivity index (χ3v) is 5.74. The summed E-state index contributed by atoms with van der Waals surface area (Å²) in [6.07, 6.45) is 0. The van der Waals surface area contributed by atoms with Crippen LogP contribution < -0.4 is 9.46 Å². The number of hydrogen-bond acceptors (Lipinski definition) is 3. The van der Waals surface area contributed by atoms with Crippen LogP contribution in [-0.4, -0.2) is 15.0 Å². The predicted molar refractivity (Wildman–Crippen MR) is 92.6 cm³/mol. The number of anilines is 1. The molecule has 2 aromatic carbocycles. The van der Waals surface area contributed by atoms with E-state index in [1.165, 1.54) is 12.1 Å².